The highest BCUT2D eigenvalue weighted by Gasteiger charge is 2.16. The van der Waals surface area contributed by atoms with E-state index in [1.165, 1.54) is 11.3 Å². The molecule has 0 saturated heterocycles. The van der Waals surface area contributed by atoms with Gasteiger partial charge >= 0.3 is 0 Å². The Hall–Kier alpha value is -2.05. The molecule has 5 nitrogen and oxygen atoms in total. The summed E-state index contributed by atoms with van der Waals surface area (Å²) in [7, 11) is 1.60. The van der Waals surface area contributed by atoms with Crippen molar-refractivity contribution < 1.29 is 4.74 Å². The van der Waals surface area contributed by atoms with Crippen LogP contribution in [0.3, 0.4) is 0 Å². The van der Waals surface area contributed by atoms with Gasteiger partial charge in [-0.3, -0.25) is 4.79 Å². The Balaban J connectivity index is 1.99. The standard InChI is InChI=1S/C17H18ClN3O2S/c1-8-10(3)24-17-14(8)16(22)20-15(21-17)9(2)19-12-7-11(18)5-6-13(12)23-4/h5-7,9,19H,1-4H3,(H,20,21,22). The number of aryl methyl sites for hydroxylation is 2. The van der Waals surface area contributed by atoms with Crippen LogP contribution in [0.25, 0.3) is 10.2 Å². The molecule has 7 heteroatoms. The minimum atomic E-state index is -0.211. The molecule has 2 aromatic heterocycles. The van der Waals surface area contributed by atoms with Gasteiger partial charge in [0.2, 0.25) is 0 Å². The Morgan fingerprint density at radius 1 is 1.38 bits per heavy atom. The van der Waals surface area contributed by atoms with Crippen molar-refractivity contribution in [3.8, 4) is 5.75 Å². The Morgan fingerprint density at radius 2 is 2.12 bits per heavy atom. The lowest BCUT2D eigenvalue weighted by Gasteiger charge is -2.17. The molecular formula is C17H18ClN3O2S. The van der Waals surface area contributed by atoms with Crippen molar-refractivity contribution in [2.24, 2.45) is 0 Å². The van der Waals surface area contributed by atoms with Crippen molar-refractivity contribution in [1.29, 1.82) is 0 Å². The second kappa shape index (κ2) is 6.45. The average Bonchev–Trinajstić information content (AvgIpc) is 2.82. The summed E-state index contributed by atoms with van der Waals surface area (Å²) >= 11 is 7.60. The van der Waals surface area contributed by atoms with Crippen molar-refractivity contribution >= 4 is 38.8 Å². The smallest absolute Gasteiger partial charge is 0.259 e. The molecule has 3 aromatic rings. The fourth-order valence-electron chi connectivity index (χ4n) is 2.57. The number of hydrogen-bond acceptors (Lipinski definition) is 5. The van der Waals surface area contributed by atoms with Gasteiger partial charge in [-0.05, 0) is 44.5 Å². The van der Waals surface area contributed by atoms with Crippen LogP contribution < -0.4 is 15.6 Å². The van der Waals surface area contributed by atoms with Crippen molar-refractivity contribution in [1.82, 2.24) is 9.97 Å². The van der Waals surface area contributed by atoms with E-state index in [4.69, 9.17) is 16.3 Å². The van der Waals surface area contributed by atoms with Gasteiger partial charge in [-0.15, -0.1) is 11.3 Å². The lowest BCUT2D eigenvalue weighted by Crippen LogP contribution is -2.17. The zero-order valence-corrected chi connectivity index (χ0v) is 15.4. The number of H-pyrrole nitrogens is 1. The number of thiophene rings is 1. The number of anilines is 1. The summed E-state index contributed by atoms with van der Waals surface area (Å²) in [6, 6.07) is 5.13. The van der Waals surface area contributed by atoms with Gasteiger partial charge in [-0.2, -0.15) is 0 Å². The molecule has 126 valence electrons. The number of nitrogens with zero attached hydrogens (tertiary/aromatic N) is 1. The molecule has 0 amide bonds. The topological polar surface area (TPSA) is 67.0 Å². The molecule has 1 aromatic carbocycles. The number of fused-ring (bicyclic) bond motifs is 1. The summed E-state index contributed by atoms with van der Waals surface area (Å²) in [5.74, 6) is 1.26. The molecule has 24 heavy (non-hydrogen) atoms. The number of rotatable bonds is 4. The van der Waals surface area contributed by atoms with E-state index < -0.39 is 0 Å². The largest absolute Gasteiger partial charge is 0.495 e. The Morgan fingerprint density at radius 3 is 2.83 bits per heavy atom. The van der Waals surface area contributed by atoms with Crippen LogP contribution >= 0.6 is 22.9 Å². The number of nitrogens with one attached hydrogen (secondary N) is 2. The van der Waals surface area contributed by atoms with Gasteiger partial charge in [-0.1, -0.05) is 11.6 Å². The van der Waals surface area contributed by atoms with Crippen molar-refractivity contribution in [3.63, 3.8) is 0 Å². The predicted molar refractivity (Wildman–Crippen MR) is 99.8 cm³/mol. The van der Waals surface area contributed by atoms with Gasteiger partial charge in [-0.25, -0.2) is 4.98 Å². The third-order valence-electron chi connectivity index (χ3n) is 4.00. The van der Waals surface area contributed by atoms with Gasteiger partial charge in [0, 0.05) is 9.90 Å². The van der Waals surface area contributed by atoms with E-state index in [9.17, 15) is 4.79 Å². The highest BCUT2D eigenvalue weighted by atomic mass is 35.5. The summed E-state index contributed by atoms with van der Waals surface area (Å²) in [5.41, 5.74) is 1.63. The number of methoxy groups -OCH3 is 1. The van der Waals surface area contributed by atoms with Crippen LogP contribution in [0.15, 0.2) is 23.0 Å². The molecule has 0 fully saturated rings. The van der Waals surface area contributed by atoms with Crippen LogP contribution in [-0.4, -0.2) is 17.1 Å². The monoisotopic (exact) mass is 363 g/mol. The number of aromatic amines is 1. The van der Waals surface area contributed by atoms with Gasteiger partial charge in [0.05, 0.1) is 24.2 Å². The van der Waals surface area contributed by atoms with E-state index in [2.05, 4.69) is 15.3 Å². The zero-order chi connectivity index (χ0) is 17.4. The summed E-state index contributed by atoms with van der Waals surface area (Å²) in [6.45, 7) is 5.88. The second-order valence-corrected chi connectivity index (χ2v) is 7.26. The molecule has 0 bridgehead atoms. The molecule has 0 saturated carbocycles. The van der Waals surface area contributed by atoms with Crippen LogP contribution in [0.5, 0.6) is 5.75 Å². The second-order valence-electron chi connectivity index (χ2n) is 5.63. The normalized spacial score (nSPS) is 12.4. The lowest BCUT2D eigenvalue weighted by atomic mass is 10.2. The third-order valence-corrected chi connectivity index (χ3v) is 5.34. The van der Waals surface area contributed by atoms with E-state index >= 15 is 0 Å². The molecule has 1 atom stereocenters. The number of aromatic nitrogens is 2. The van der Waals surface area contributed by atoms with Crippen LogP contribution in [0.1, 0.15) is 29.2 Å². The first-order valence-corrected chi connectivity index (χ1v) is 8.70. The number of hydrogen-bond donors (Lipinski definition) is 2. The van der Waals surface area contributed by atoms with Crippen LogP contribution in [0, 0.1) is 13.8 Å². The summed E-state index contributed by atoms with van der Waals surface area (Å²) in [6.07, 6.45) is 0. The van der Waals surface area contributed by atoms with Gasteiger partial charge in [0.1, 0.15) is 16.4 Å². The molecule has 2 N–H and O–H groups in total. The minimum absolute atomic E-state index is 0.108. The average molecular weight is 364 g/mol. The van der Waals surface area contributed by atoms with E-state index in [0.717, 1.165) is 21.0 Å². The Kier molecular flexibility index (Phi) is 4.51. The predicted octanol–water partition coefficient (Wildman–Crippen LogP) is 4.44. The molecule has 3 rings (SSSR count). The van der Waals surface area contributed by atoms with E-state index in [0.29, 0.717) is 22.0 Å². The molecule has 0 aliphatic heterocycles. The van der Waals surface area contributed by atoms with E-state index in [1.807, 2.05) is 20.8 Å². The maximum absolute atomic E-state index is 12.4. The minimum Gasteiger partial charge on any atom is -0.495 e. The highest BCUT2D eigenvalue weighted by molar-refractivity contribution is 7.18. The molecule has 0 spiro atoms. The van der Waals surface area contributed by atoms with Crippen LogP contribution in [0.4, 0.5) is 5.69 Å². The van der Waals surface area contributed by atoms with Crippen molar-refractivity contribution in [2.75, 3.05) is 12.4 Å². The number of halogens is 1. The maximum Gasteiger partial charge on any atom is 0.259 e. The van der Waals surface area contributed by atoms with E-state index in [1.54, 1.807) is 25.3 Å². The Labute approximate surface area is 148 Å². The number of ether oxygens (including phenoxy) is 1. The fourth-order valence-corrected chi connectivity index (χ4v) is 3.78. The molecule has 0 aliphatic carbocycles. The molecule has 1 unspecified atom stereocenters. The van der Waals surface area contributed by atoms with Crippen LogP contribution in [0.2, 0.25) is 5.02 Å². The van der Waals surface area contributed by atoms with Crippen LogP contribution in [-0.2, 0) is 0 Å². The number of benzene rings is 1. The first-order chi connectivity index (χ1) is 11.4. The first-order valence-electron chi connectivity index (χ1n) is 7.50. The van der Waals surface area contributed by atoms with Gasteiger partial charge in [0.25, 0.3) is 5.56 Å². The molecule has 0 aliphatic rings. The molecule has 0 radical (unpaired) electrons. The third kappa shape index (κ3) is 2.99. The zero-order valence-electron chi connectivity index (χ0n) is 13.9. The summed E-state index contributed by atoms with van der Waals surface area (Å²) < 4.78 is 5.34. The summed E-state index contributed by atoms with van der Waals surface area (Å²) in [5, 5.41) is 4.57. The SMILES string of the molecule is COc1ccc(Cl)cc1NC(C)c1nc2sc(C)c(C)c2c(=O)[nH]1. The van der Waals surface area contributed by atoms with Crippen molar-refractivity contribution in [2.45, 2.75) is 26.8 Å². The molecule has 2 heterocycles. The lowest BCUT2D eigenvalue weighted by molar-refractivity contribution is 0.416. The van der Waals surface area contributed by atoms with Gasteiger partial charge < -0.3 is 15.0 Å². The fraction of sp³-hybridized carbons (Fsp3) is 0.294. The summed E-state index contributed by atoms with van der Waals surface area (Å²) in [4.78, 5) is 21.8. The van der Waals surface area contributed by atoms with E-state index in [-0.39, 0.29) is 11.6 Å². The first kappa shape index (κ1) is 16.8. The van der Waals surface area contributed by atoms with Gasteiger partial charge in [0.15, 0.2) is 0 Å². The maximum atomic E-state index is 12.4. The highest BCUT2D eigenvalue weighted by Crippen LogP contribution is 2.31. The Bertz CT molecular complexity index is 964. The quantitative estimate of drug-likeness (QED) is 0.719. The van der Waals surface area contributed by atoms with Crippen molar-refractivity contribution in [3.05, 3.63) is 49.8 Å². The molecular weight excluding hydrogens is 346 g/mol.